The number of halogens is 2. The largest absolute Gasteiger partial charge is 0.310 e. The highest BCUT2D eigenvalue weighted by atomic mass is 79.9. The van der Waals surface area contributed by atoms with Crippen LogP contribution in [0, 0.1) is 5.82 Å². The third-order valence-electron chi connectivity index (χ3n) is 3.48. The van der Waals surface area contributed by atoms with Gasteiger partial charge in [-0.15, -0.1) is 0 Å². The first-order chi connectivity index (χ1) is 10.1. The van der Waals surface area contributed by atoms with Crippen LogP contribution < -0.4 is 5.32 Å². The molecule has 0 saturated heterocycles. The summed E-state index contributed by atoms with van der Waals surface area (Å²) in [5, 5.41) is 7.89. The molecule has 0 aliphatic heterocycles. The molecule has 0 fully saturated rings. The molecule has 1 N–H and O–H groups in total. The van der Waals surface area contributed by atoms with Crippen molar-refractivity contribution in [1.29, 1.82) is 0 Å². The predicted octanol–water partition coefficient (Wildman–Crippen LogP) is 3.17. The van der Waals surface area contributed by atoms with Gasteiger partial charge in [0.1, 0.15) is 5.82 Å². The zero-order valence-corrected chi connectivity index (χ0v) is 14.1. The second-order valence-corrected chi connectivity index (χ2v) is 5.73. The van der Waals surface area contributed by atoms with E-state index >= 15 is 0 Å². The van der Waals surface area contributed by atoms with Gasteiger partial charge in [-0.25, -0.2) is 4.39 Å². The molecule has 114 valence electrons. The van der Waals surface area contributed by atoms with Gasteiger partial charge in [-0.3, -0.25) is 9.67 Å². The molecule has 2 rings (SSSR count). The van der Waals surface area contributed by atoms with Crippen molar-refractivity contribution in [3.8, 4) is 0 Å². The normalized spacial score (nSPS) is 12.6. The average Bonchev–Trinajstić information content (AvgIpc) is 2.74. The third-order valence-corrected chi connectivity index (χ3v) is 4.39. The summed E-state index contributed by atoms with van der Waals surface area (Å²) in [5.74, 6) is -0.311. The molecule has 2 aromatic heterocycles. The Morgan fingerprint density at radius 1 is 1.38 bits per heavy atom. The van der Waals surface area contributed by atoms with E-state index in [0.717, 1.165) is 40.8 Å². The van der Waals surface area contributed by atoms with Gasteiger partial charge in [-0.2, -0.15) is 5.10 Å². The number of hydrogen-bond donors (Lipinski definition) is 1. The van der Waals surface area contributed by atoms with E-state index in [2.05, 4.69) is 38.3 Å². The fraction of sp³-hybridized carbons (Fsp3) is 0.467. The van der Waals surface area contributed by atoms with Crippen molar-refractivity contribution >= 4 is 15.9 Å². The van der Waals surface area contributed by atoms with Crippen LogP contribution in [-0.2, 0) is 19.9 Å². The smallest absolute Gasteiger partial charge is 0.141 e. The minimum absolute atomic E-state index is 0.00889. The Morgan fingerprint density at radius 2 is 2.14 bits per heavy atom. The van der Waals surface area contributed by atoms with Gasteiger partial charge in [0.2, 0.25) is 0 Å². The van der Waals surface area contributed by atoms with Gasteiger partial charge in [-0.1, -0.05) is 13.8 Å². The molecule has 0 aromatic carbocycles. The van der Waals surface area contributed by atoms with E-state index in [1.807, 2.05) is 18.7 Å². The maximum atomic E-state index is 13.4. The van der Waals surface area contributed by atoms with Crippen molar-refractivity contribution in [3.63, 3.8) is 0 Å². The molecule has 4 nitrogen and oxygen atoms in total. The molecule has 1 atom stereocenters. The number of aromatic nitrogens is 3. The van der Waals surface area contributed by atoms with E-state index in [1.54, 1.807) is 6.20 Å². The Morgan fingerprint density at radius 3 is 2.71 bits per heavy atom. The molecule has 0 aliphatic rings. The summed E-state index contributed by atoms with van der Waals surface area (Å²) in [6.07, 6.45) is 4.54. The van der Waals surface area contributed by atoms with Crippen LogP contribution in [-0.4, -0.2) is 21.3 Å². The molecular weight excluding hydrogens is 335 g/mol. The zero-order valence-electron chi connectivity index (χ0n) is 12.5. The Bertz CT molecular complexity index is 612. The number of pyridine rings is 1. The Kier molecular flexibility index (Phi) is 5.47. The lowest BCUT2D eigenvalue weighted by atomic mass is 10.0. The Hall–Kier alpha value is -1.27. The van der Waals surface area contributed by atoms with Gasteiger partial charge >= 0.3 is 0 Å². The SMILES string of the molecule is CCNC(Cc1c(Br)c(CC)nn1C)c1cncc(F)c1. The molecule has 0 radical (unpaired) electrons. The molecule has 1 unspecified atom stereocenters. The minimum Gasteiger partial charge on any atom is -0.310 e. The van der Waals surface area contributed by atoms with Crippen molar-refractivity contribution in [2.24, 2.45) is 7.05 Å². The highest BCUT2D eigenvalue weighted by Gasteiger charge is 2.19. The monoisotopic (exact) mass is 354 g/mol. The molecule has 6 heteroatoms. The highest BCUT2D eigenvalue weighted by molar-refractivity contribution is 9.10. The number of nitrogens with zero attached hydrogens (tertiary/aromatic N) is 3. The fourth-order valence-electron chi connectivity index (χ4n) is 2.41. The number of aryl methyl sites for hydroxylation is 2. The maximum Gasteiger partial charge on any atom is 0.141 e. The summed E-state index contributed by atoms with van der Waals surface area (Å²) in [6.45, 7) is 4.92. The standard InChI is InChI=1S/C15H20BrFN4/c1-4-12-15(16)14(21(3)20-12)7-13(19-5-2)10-6-11(17)9-18-8-10/h6,8-9,13,19H,4-5,7H2,1-3H3. The molecule has 0 saturated carbocycles. The lowest BCUT2D eigenvalue weighted by Gasteiger charge is -2.18. The van der Waals surface area contributed by atoms with Gasteiger partial charge in [0, 0.05) is 25.7 Å². The molecule has 0 amide bonds. The van der Waals surface area contributed by atoms with E-state index in [9.17, 15) is 4.39 Å². The summed E-state index contributed by atoms with van der Waals surface area (Å²) in [6, 6.07) is 1.54. The van der Waals surface area contributed by atoms with Crippen molar-refractivity contribution in [1.82, 2.24) is 20.1 Å². The third kappa shape index (κ3) is 3.68. The predicted molar refractivity (Wildman–Crippen MR) is 84.6 cm³/mol. The van der Waals surface area contributed by atoms with Crippen molar-refractivity contribution in [2.45, 2.75) is 32.7 Å². The van der Waals surface area contributed by atoms with E-state index < -0.39 is 0 Å². The van der Waals surface area contributed by atoms with Crippen LogP contribution in [0.15, 0.2) is 22.9 Å². The van der Waals surface area contributed by atoms with Gasteiger partial charge in [0.15, 0.2) is 0 Å². The molecular formula is C15H20BrFN4. The molecule has 0 bridgehead atoms. The van der Waals surface area contributed by atoms with E-state index in [4.69, 9.17) is 0 Å². The topological polar surface area (TPSA) is 42.7 Å². The first kappa shape index (κ1) is 16.1. The van der Waals surface area contributed by atoms with Crippen LogP contribution >= 0.6 is 15.9 Å². The van der Waals surface area contributed by atoms with Crippen LogP contribution in [0.3, 0.4) is 0 Å². The summed E-state index contributed by atoms with van der Waals surface area (Å²) in [7, 11) is 1.94. The second-order valence-electron chi connectivity index (χ2n) is 4.94. The average molecular weight is 355 g/mol. The minimum atomic E-state index is -0.311. The summed E-state index contributed by atoms with van der Waals surface area (Å²) in [4.78, 5) is 3.95. The van der Waals surface area contributed by atoms with Gasteiger partial charge < -0.3 is 5.32 Å². The van der Waals surface area contributed by atoms with Gasteiger partial charge in [-0.05, 0) is 40.5 Å². The Balaban J connectivity index is 2.30. The molecule has 2 aromatic rings. The molecule has 0 spiro atoms. The number of rotatable bonds is 6. The van der Waals surface area contributed by atoms with E-state index in [-0.39, 0.29) is 11.9 Å². The van der Waals surface area contributed by atoms with Crippen LogP contribution in [0.1, 0.15) is 36.8 Å². The molecule has 2 heterocycles. The van der Waals surface area contributed by atoms with Crippen LogP contribution in [0.5, 0.6) is 0 Å². The first-order valence-corrected chi connectivity index (χ1v) is 7.90. The quantitative estimate of drug-likeness (QED) is 0.866. The zero-order chi connectivity index (χ0) is 15.4. The van der Waals surface area contributed by atoms with E-state index in [0.29, 0.717) is 0 Å². The lowest BCUT2D eigenvalue weighted by Crippen LogP contribution is -2.24. The number of likely N-dealkylation sites (N-methyl/N-ethyl adjacent to an activating group) is 1. The van der Waals surface area contributed by atoms with E-state index in [1.165, 1.54) is 12.3 Å². The van der Waals surface area contributed by atoms with Gasteiger partial charge in [0.25, 0.3) is 0 Å². The molecule has 21 heavy (non-hydrogen) atoms. The van der Waals surface area contributed by atoms with Crippen molar-refractivity contribution in [3.05, 3.63) is 45.7 Å². The fourth-order valence-corrected chi connectivity index (χ4v) is 3.19. The molecule has 0 aliphatic carbocycles. The van der Waals surface area contributed by atoms with Crippen LogP contribution in [0.25, 0.3) is 0 Å². The van der Waals surface area contributed by atoms with Crippen molar-refractivity contribution < 1.29 is 4.39 Å². The van der Waals surface area contributed by atoms with Crippen molar-refractivity contribution in [2.75, 3.05) is 6.54 Å². The summed E-state index contributed by atoms with van der Waals surface area (Å²) >= 11 is 3.63. The second kappa shape index (κ2) is 7.13. The lowest BCUT2D eigenvalue weighted by molar-refractivity contribution is 0.520. The highest BCUT2D eigenvalue weighted by Crippen LogP contribution is 2.26. The summed E-state index contributed by atoms with van der Waals surface area (Å²) in [5.41, 5.74) is 2.99. The number of hydrogen-bond acceptors (Lipinski definition) is 3. The van der Waals surface area contributed by atoms with Crippen LogP contribution in [0.2, 0.25) is 0 Å². The number of nitrogens with one attached hydrogen (secondary N) is 1. The summed E-state index contributed by atoms with van der Waals surface area (Å²) < 4.78 is 16.3. The maximum absolute atomic E-state index is 13.4. The first-order valence-electron chi connectivity index (χ1n) is 7.10. The van der Waals surface area contributed by atoms with Crippen LogP contribution in [0.4, 0.5) is 4.39 Å². The Labute approximate surface area is 132 Å². The van der Waals surface area contributed by atoms with Gasteiger partial charge in [0.05, 0.1) is 22.1 Å².